The van der Waals surface area contributed by atoms with Gasteiger partial charge in [0, 0.05) is 42.9 Å². The fourth-order valence-electron chi connectivity index (χ4n) is 3.16. The molecule has 1 amide bonds. The van der Waals surface area contributed by atoms with Crippen LogP contribution in [0.15, 0.2) is 24.4 Å². The Morgan fingerprint density at radius 2 is 2.12 bits per heavy atom. The summed E-state index contributed by atoms with van der Waals surface area (Å²) in [6.45, 7) is 6.32. The lowest BCUT2D eigenvalue weighted by molar-refractivity contribution is 0.0942. The highest BCUT2D eigenvalue weighted by atomic mass is 16.5. The minimum absolute atomic E-state index is 0.0665. The summed E-state index contributed by atoms with van der Waals surface area (Å²) in [6.07, 6.45) is 2.67. The third-order valence-corrected chi connectivity index (χ3v) is 4.46. The maximum atomic E-state index is 12.5. The Bertz CT molecular complexity index is 854. The van der Waals surface area contributed by atoms with Crippen molar-refractivity contribution in [2.24, 2.45) is 7.05 Å². The summed E-state index contributed by atoms with van der Waals surface area (Å²) in [5.74, 6) is 1.31. The molecule has 26 heavy (non-hydrogen) atoms. The average molecular weight is 356 g/mol. The molecule has 0 fully saturated rings. The van der Waals surface area contributed by atoms with E-state index in [1.165, 1.54) is 6.92 Å². The number of Topliss-reactive ketones (excluding diaryl/α,β-unsaturated/α-hetero) is 1. The number of ether oxygens (including phenoxy) is 2. The molecule has 0 saturated carbocycles. The maximum absolute atomic E-state index is 12.5. The number of ketones is 1. The quantitative estimate of drug-likeness (QED) is 0.808. The van der Waals surface area contributed by atoms with Gasteiger partial charge >= 0.3 is 0 Å². The zero-order valence-corrected chi connectivity index (χ0v) is 15.6. The second-order valence-electron chi connectivity index (χ2n) is 6.60. The number of carbonyl (C=O) groups is 2. The van der Waals surface area contributed by atoms with E-state index < -0.39 is 0 Å². The summed E-state index contributed by atoms with van der Waals surface area (Å²) in [6, 6.07) is 5.55. The van der Waals surface area contributed by atoms with Crippen LogP contribution in [0.1, 0.15) is 52.7 Å². The van der Waals surface area contributed by atoms with E-state index in [1.807, 2.05) is 26.0 Å². The summed E-state index contributed by atoms with van der Waals surface area (Å²) in [5, 5.41) is 2.90. The molecule has 3 rings (SSSR count). The summed E-state index contributed by atoms with van der Waals surface area (Å²) >= 11 is 0. The largest absolute Gasteiger partial charge is 0.494 e. The molecule has 0 aliphatic carbocycles. The average Bonchev–Trinajstić information content (AvgIpc) is 3.14. The van der Waals surface area contributed by atoms with E-state index in [0.29, 0.717) is 24.4 Å². The highest BCUT2D eigenvalue weighted by Crippen LogP contribution is 2.35. The van der Waals surface area contributed by atoms with Gasteiger partial charge < -0.3 is 19.4 Å². The lowest BCUT2D eigenvalue weighted by Gasteiger charge is -2.13. The van der Waals surface area contributed by atoms with E-state index in [-0.39, 0.29) is 17.8 Å². The Morgan fingerprint density at radius 3 is 2.77 bits per heavy atom. The molecular formula is C20H24N2O4. The van der Waals surface area contributed by atoms with Crippen molar-refractivity contribution in [3.05, 3.63) is 46.8 Å². The van der Waals surface area contributed by atoms with E-state index in [1.54, 1.807) is 23.9 Å². The number of hydrogen-bond acceptors (Lipinski definition) is 4. The van der Waals surface area contributed by atoms with Gasteiger partial charge in [-0.25, -0.2) is 0 Å². The van der Waals surface area contributed by atoms with Gasteiger partial charge in [0.1, 0.15) is 23.3 Å². The van der Waals surface area contributed by atoms with Gasteiger partial charge in [-0.2, -0.15) is 0 Å². The minimum Gasteiger partial charge on any atom is -0.494 e. The van der Waals surface area contributed by atoms with Gasteiger partial charge in [-0.3, -0.25) is 9.59 Å². The van der Waals surface area contributed by atoms with Gasteiger partial charge in [0.15, 0.2) is 5.78 Å². The first-order chi connectivity index (χ1) is 12.4. The van der Waals surface area contributed by atoms with Crippen molar-refractivity contribution in [3.63, 3.8) is 0 Å². The first-order valence-corrected chi connectivity index (χ1v) is 8.79. The van der Waals surface area contributed by atoms with Crippen LogP contribution in [0, 0.1) is 0 Å². The van der Waals surface area contributed by atoms with E-state index in [9.17, 15) is 9.59 Å². The number of aromatic nitrogens is 1. The maximum Gasteiger partial charge on any atom is 0.268 e. The minimum atomic E-state index is -0.239. The Hall–Kier alpha value is -2.76. The standard InChI is InChI=1S/C20H24N2O4/c1-5-25-18-8-14-6-12(2)26-19(14)9-15(18)10-21-20(24)17-7-16(13(3)23)11-22(17)4/h7-9,11-12H,5-6,10H2,1-4H3,(H,21,24). The van der Waals surface area contributed by atoms with Gasteiger partial charge in [-0.15, -0.1) is 0 Å². The van der Waals surface area contributed by atoms with Gasteiger partial charge in [-0.1, -0.05) is 0 Å². The number of carbonyl (C=O) groups excluding carboxylic acids is 2. The molecule has 2 aromatic rings. The van der Waals surface area contributed by atoms with Crippen LogP contribution < -0.4 is 14.8 Å². The number of hydrogen-bond donors (Lipinski definition) is 1. The van der Waals surface area contributed by atoms with Crippen LogP contribution in [-0.4, -0.2) is 29.0 Å². The molecule has 1 aliphatic heterocycles. The summed E-state index contributed by atoms with van der Waals surface area (Å²) < 4.78 is 13.2. The molecule has 0 radical (unpaired) electrons. The number of fused-ring (bicyclic) bond motifs is 1. The first kappa shape index (κ1) is 18.0. The second kappa shape index (κ2) is 7.23. The molecule has 0 spiro atoms. The van der Waals surface area contributed by atoms with Crippen LogP contribution in [-0.2, 0) is 20.0 Å². The predicted molar refractivity (Wildman–Crippen MR) is 98.0 cm³/mol. The summed E-state index contributed by atoms with van der Waals surface area (Å²) in [5.41, 5.74) is 2.96. The summed E-state index contributed by atoms with van der Waals surface area (Å²) in [7, 11) is 1.75. The molecule has 1 aromatic carbocycles. The van der Waals surface area contributed by atoms with Gasteiger partial charge in [-0.05, 0) is 39.0 Å². The molecule has 1 unspecified atom stereocenters. The van der Waals surface area contributed by atoms with Crippen LogP contribution >= 0.6 is 0 Å². The predicted octanol–water partition coefficient (Wildman–Crippen LogP) is 2.88. The van der Waals surface area contributed by atoms with Gasteiger partial charge in [0.2, 0.25) is 0 Å². The van der Waals surface area contributed by atoms with Crippen molar-refractivity contribution in [2.45, 2.75) is 39.8 Å². The number of amides is 1. The van der Waals surface area contributed by atoms with Crippen LogP contribution in [0.3, 0.4) is 0 Å². The Labute approximate surface area is 153 Å². The first-order valence-electron chi connectivity index (χ1n) is 8.79. The fourth-order valence-corrected chi connectivity index (χ4v) is 3.16. The molecule has 0 saturated heterocycles. The van der Waals surface area contributed by atoms with Crippen LogP contribution in [0.25, 0.3) is 0 Å². The third kappa shape index (κ3) is 3.59. The Balaban J connectivity index is 1.78. The smallest absolute Gasteiger partial charge is 0.268 e. The molecule has 138 valence electrons. The lowest BCUT2D eigenvalue weighted by atomic mass is 10.1. The molecule has 2 heterocycles. The van der Waals surface area contributed by atoms with E-state index in [0.717, 1.165) is 29.0 Å². The number of nitrogens with zero attached hydrogens (tertiary/aromatic N) is 1. The van der Waals surface area contributed by atoms with E-state index in [2.05, 4.69) is 5.32 Å². The van der Waals surface area contributed by atoms with Crippen LogP contribution in [0.4, 0.5) is 0 Å². The summed E-state index contributed by atoms with van der Waals surface area (Å²) in [4.78, 5) is 24.0. The molecule has 1 aliphatic rings. The van der Waals surface area contributed by atoms with Crippen molar-refractivity contribution in [2.75, 3.05) is 6.61 Å². The SMILES string of the molecule is CCOc1cc2c(cc1CNC(=O)c1cc(C(C)=O)cn1C)OC(C)C2. The normalized spacial score (nSPS) is 15.3. The number of benzene rings is 1. The van der Waals surface area contributed by atoms with Crippen molar-refractivity contribution in [1.29, 1.82) is 0 Å². The van der Waals surface area contributed by atoms with Crippen molar-refractivity contribution in [3.8, 4) is 11.5 Å². The van der Waals surface area contributed by atoms with Gasteiger partial charge in [0.05, 0.1) is 6.61 Å². The lowest BCUT2D eigenvalue weighted by Crippen LogP contribution is -2.25. The topological polar surface area (TPSA) is 69.6 Å². The Morgan fingerprint density at radius 1 is 1.35 bits per heavy atom. The molecule has 1 atom stereocenters. The third-order valence-electron chi connectivity index (χ3n) is 4.46. The zero-order chi connectivity index (χ0) is 18.8. The highest BCUT2D eigenvalue weighted by molar-refractivity contribution is 5.99. The number of rotatable bonds is 6. The highest BCUT2D eigenvalue weighted by Gasteiger charge is 2.22. The monoisotopic (exact) mass is 356 g/mol. The molecule has 1 N–H and O–H groups in total. The number of aryl methyl sites for hydroxylation is 1. The van der Waals surface area contributed by atoms with Crippen molar-refractivity contribution in [1.82, 2.24) is 9.88 Å². The van der Waals surface area contributed by atoms with E-state index >= 15 is 0 Å². The van der Waals surface area contributed by atoms with Crippen molar-refractivity contribution >= 4 is 11.7 Å². The van der Waals surface area contributed by atoms with Crippen molar-refractivity contribution < 1.29 is 19.1 Å². The van der Waals surface area contributed by atoms with Crippen LogP contribution in [0.5, 0.6) is 11.5 Å². The van der Waals surface area contributed by atoms with E-state index in [4.69, 9.17) is 9.47 Å². The molecule has 1 aromatic heterocycles. The second-order valence-corrected chi connectivity index (χ2v) is 6.60. The molecule has 0 bridgehead atoms. The fraction of sp³-hybridized carbons (Fsp3) is 0.400. The zero-order valence-electron chi connectivity index (χ0n) is 15.6. The molecule has 6 nitrogen and oxygen atoms in total. The Kier molecular flexibility index (Phi) is 5.02. The molecule has 6 heteroatoms. The van der Waals surface area contributed by atoms with Crippen LogP contribution in [0.2, 0.25) is 0 Å². The molecular weight excluding hydrogens is 332 g/mol. The number of nitrogens with one attached hydrogen (secondary N) is 1. The van der Waals surface area contributed by atoms with Gasteiger partial charge in [0.25, 0.3) is 5.91 Å².